The number of carboxylic acids is 1. The number of fused-ring (bicyclic) bond motifs is 1. The number of amides is 1. The maximum Gasteiger partial charge on any atom is 0.335 e. The second-order valence-corrected chi connectivity index (χ2v) is 8.41. The molecule has 1 saturated heterocycles. The van der Waals surface area contributed by atoms with Crippen LogP contribution in [-0.2, 0) is 11.3 Å². The molecule has 2 aliphatic rings. The van der Waals surface area contributed by atoms with E-state index in [-0.39, 0.29) is 11.5 Å². The summed E-state index contributed by atoms with van der Waals surface area (Å²) in [6.45, 7) is 3.21. The van der Waals surface area contributed by atoms with E-state index in [4.69, 9.17) is 4.42 Å². The maximum atomic E-state index is 12.9. The fourth-order valence-electron chi connectivity index (χ4n) is 4.43. The van der Waals surface area contributed by atoms with E-state index in [1.54, 1.807) is 24.5 Å². The number of piperidine rings is 1. The number of hydrogen-bond acceptors (Lipinski definition) is 5. The van der Waals surface area contributed by atoms with Crippen LogP contribution in [0.15, 0.2) is 65.3 Å². The summed E-state index contributed by atoms with van der Waals surface area (Å²) in [5, 5.41) is 15.6. The van der Waals surface area contributed by atoms with Gasteiger partial charge in [-0.25, -0.2) is 4.79 Å². The third-order valence-corrected chi connectivity index (χ3v) is 6.11. The zero-order valence-electron chi connectivity index (χ0n) is 18.1. The van der Waals surface area contributed by atoms with Gasteiger partial charge in [0.05, 0.1) is 23.1 Å². The highest BCUT2D eigenvalue weighted by molar-refractivity contribution is 6.37. The van der Waals surface area contributed by atoms with Crippen LogP contribution in [0.1, 0.15) is 46.5 Å². The number of rotatable bonds is 6. The van der Waals surface area contributed by atoms with Crippen molar-refractivity contribution in [2.45, 2.75) is 25.8 Å². The Morgan fingerprint density at radius 3 is 2.55 bits per heavy atom. The van der Waals surface area contributed by atoms with E-state index >= 15 is 0 Å². The lowest BCUT2D eigenvalue weighted by Crippen LogP contribution is -2.29. The Labute approximate surface area is 191 Å². The molecule has 0 saturated carbocycles. The second-order valence-electron chi connectivity index (χ2n) is 8.41. The van der Waals surface area contributed by atoms with Crippen LogP contribution in [0.5, 0.6) is 0 Å². The molecule has 0 bridgehead atoms. The monoisotopic (exact) mass is 443 g/mol. The van der Waals surface area contributed by atoms with E-state index in [0.29, 0.717) is 28.3 Å². The van der Waals surface area contributed by atoms with Crippen molar-refractivity contribution >= 4 is 34.5 Å². The van der Waals surface area contributed by atoms with Crippen LogP contribution < -0.4 is 10.6 Å². The topological polar surface area (TPSA) is 94.8 Å². The quantitative estimate of drug-likeness (QED) is 0.469. The number of nitrogens with zero attached hydrogens (tertiary/aromatic N) is 1. The molecule has 1 amide bonds. The number of furan rings is 1. The van der Waals surface area contributed by atoms with Gasteiger partial charge in [-0.2, -0.15) is 0 Å². The molecular formula is C26H25N3O4. The molecule has 2 aliphatic heterocycles. The van der Waals surface area contributed by atoms with Crippen molar-refractivity contribution < 1.29 is 19.1 Å². The Bertz CT molecular complexity index is 1210. The smallest absolute Gasteiger partial charge is 0.335 e. The van der Waals surface area contributed by atoms with Gasteiger partial charge in [0, 0.05) is 23.5 Å². The molecule has 2 aromatic carbocycles. The van der Waals surface area contributed by atoms with Gasteiger partial charge in [0.1, 0.15) is 0 Å². The molecule has 33 heavy (non-hydrogen) atoms. The number of carbonyl (C=O) groups is 2. The summed E-state index contributed by atoms with van der Waals surface area (Å²) in [6, 6.07) is 16.3. The first-order chi connectivity index (χ1) is 16.1. The van der Waals surface area contributed by atoms with Gasteiger partial charge in [-0.15, -0.1) is 0 Å². The fraction of sp³-hybridized carbons (Fsp3) is 0.231. The Hall–Kier alpha value is -3.84. The minimum Gasteiger partial charge on any atom is -0.478 e. The molecule has 3 aromatic rings. The van der Waals surface area contributed by atoms with Gasteiger partial charge in [-0.05, 0) is 74.0 Å². The number of carboxylic acid groups (broad SMARTS) is 1. The Kier molecular flexibility index (Phi) is 5.71. The molecule has 3 heterocycles. The van der Waals surface area contributed by atoms with Crippen LogP contribution in [0.4, 0.5) is 11.4 Å². The zero-order chi connectivity index (χ0) is 22.8. The number of carbonyl (C=O) groups excluding carboxylic acids is 1. The lowest BCUT2D eigenvalue weighted by atomic mass is 10.0. The van der Waals surface area contributed by atoms with Crippen molar-refractivity contribution in [2.24, 2.45) is 0 Å². The van der Waals surface area contributed by atoms with Gasteiger partial charge in [-0.1, -0.05) is 18.6 Å². The first-order valence-electron chi connectivity index (χ1n) is 11.1. The van der Waals surface area contributed by atoms with Gasteiger partial charge in [0.25, 0.3) is 5.91 Å². The molecule has 1 aromatic heterocycles. The standard InChI is InChI=1S/C26H25N3O4/c30-25-23(20-15-18(26(31)32)8-11-21(20)28-25)24(22-5-4-14-33-22)27-19-9-6-17(7-10-19)16-29-12-2-1-3-13-29/h4-11,14-15,27H,1-3,12-13,16H2,(H,28,30)(H,31,32). The van der Waals surface area contributed by atoms with Crippen LogP contribution in [0.3, 0.4) is 0 Å². The molecule has 0 radical (unpaired) electrons. The van der Waals surface area contributed by atoms with Gasteiger partial charge >= 0.3 is 5.97 Å². The van der Waals surface area contributed by atoms with Crippen LogP contribution in [0.25, 0.3) is 11.3 Å². The first kappa shape index (κ1) is 21.0. The number of aromatic carboxylic acids is 1. The van der Waals surface area contributed by atoms with Gasteiger partial charge < -0.3 is 20.2 Å². The highest BCUT2D eigenvalue weighted by Gasteiger charge is 2.30. The molecule has 3 N–H and O–H groups in total. The van der Waals surface area contributed by atoms with Crippen molar-refractivity contribution in [3.05, 3.63) is 83.3 Å². The molecule has 168 valence electrons. The molecule has 0 aliphatic carbocycles. The number of hydrogen-bond donors (Lipinski definition) is 3. The maximum absolute atomic E-state index is 12.9. The highest BCUT2D eigenvalue weighted by Crippen LogP contribution is 2.38. The summed E-state index contributed by atoms with van der Waals surface area (Å²) >= 11 is 0. The van der Waals surface area contributed by atoms with Crippen molar-refractivity contribution in [1.29, 1.82) is 0 Å². The van der Waals surface area contributed by atoms with Crippen LogP contribution in [0, 0.1) is 0 Å². The first-order valence-corrected chi connectivity index (χ1v) is 11.1. The van der Waals surface area contributed by atoms with Crippen LogP contribution in [-0.4, -0.2) is 35.0 Å². The molecular weight excluding hydrogens is 418 g/mol. The molecule has 7 nitrogen and oxygen atoms in total. The minimum absolute atomic E-state index is 0.114. The summed E-state index contributed by atoms with van der Waals surface area (Å²) in [6.07, 6.45) is 5.37. The third kappa shape index (κ3) is 4.40. The Morgan fingerprint density at radius 2 is 1.85 bits per heavy atom. The van der Waals surface area contributed by atoms with E-state index in [1.807, 2.05) is 12.1 Å². The average Bonchev–Trinajstić information content (AvgIpc) is 3.46. The van der Waals surface area contributed by atoms with Crippen molar-refractivity contribution in [3.63, 3.8) is 0 Å². The van der Waals surface area contributed by atoms with Crippen LogP contribution >= 0.6 is 0 Å². The van der Waals surface area contributed by atoms with E-state index in [0.717, 1.165) is 25.3 Å². The molecule has 7 heteroatoms. The average molecular weight is 444 g/mol. The predicted molar refractivity (Wildman–Crippen MR) is 127 cm³/mol. The van der Waals surface area contributed by atoms with E-state index in [2.05, 4.69) is 27.7 Å². The molecule has 0 spiro atoms. The fourth-order valence-corrected chi connectivity index (χ4v) is 4.43. The Balaban J connectivity index is 1.48. The lowest BCUT2D eigenvalue weighted by Gasteiger charge is -2.26. The number of anilines is 2. The van der Waals surface area contributed by atoms with E-state index in [1.165, 1.54) is 37.0 Å². The van der Waals surface area contributed by atoms with Gasteiger partial charge in [0.15, 0.2) is 5.76 Å². The minimum atomic E-state index is -1.05. The largest absolute Gasteiger partial charge is 0.478 e. The predicted octanol–water partition coefficient (Wildman–Crippen LogP) is 4.90. The van der Waals surface area contributed by atoms with E-state index in [9.17, 15) is 14.7 Å². The zero-order valence-corrected chi connectivity index (χ0v) is 18.1. The SMILES string of the molecule is O=C1Nc2ccc(C(=O)O)cc2C1=C(Nc1ccc(CN2CCCCC2)cc1)c1ccco1. The summed E-state index contributed by atoms with van der Waals surface area (Å²) in [5.41, 5.74) is 4.10. The number of likely N-dealkylation sites (tertiary alicyclic amines) is 1. The molecule has 5 rings (SSSR count). The third-order valence-electron chi connectivity index (χ3n) is 6.11. The Morgan fingerprint density at radius 1 is 1.06 bits per heavy atom. The van der Waals surface area contributed by atoms with Crippen molar-refractivity contribution in [1.82, 2.24) is 4.90 Å². The summed E-state index contributed by atoms with van der Waals surface area (Å²) in [4.78, 5) is 26.9. The molecule has 0 unspecified atom stereocenters. The molecule has 1 fully saturated rings. The van der Waals surface area contributed by atoms with Gasteiger partial charge in [0.2, 0.25) is 0 Å². The van der Waals surface area contributed by atoms with Gasteiger partial charge in [-0.3, -0.25) is 9.69 Å². The number of benzene rings is 2. The van der Waals surface area contributed by atoms with Crippen molar-refractivity contribution in [3.8, 4) is 0 Å². The van der Waals surface area contributed by atoms with Crippen molar-refractivity contribution in [2.75, 3.05) is 23.7 Å². The number of nitrogens with one attached hydrogen (secondary N) is 2. The van der Waals surface area contributed by atoms with Crippen LogP contribution in [0.2, 0.25) is 0 Å². The summed E-state index contributed by atoms with van der Waals surface area (Å²) < 4.78 is 5.62. The lowest BCUT2D eigenvalue weighted by molar-refractivity contribution is -0.110. The molecule has 0 atom stereocenters. The highest BCUT2D eigenvalue weighted by atomic mass is 16.4. The summed E-state index contributed by atoms with van der Waals surface area (Å²) in [7, 11) is 0. The normalized spacial score (nSPS) is 17.4. The van der Waals surface area contributed by atoms with E-state index < -0.39 is 5.97 Å². The summed E-state index contributed by atoms with van der Waals surface area (Å²) in [5.74, 6) is -0.868. The second kappa shape index (κ2) is 8.96.